The van der Waals surface area contributed by atoms with E-state index in [2.05, 4.69) is 13.8 Å². The Morgan fingerprint density at radius 1 is 1.11 bits per heavy atom. The van der Waals surface area contributed by atoms with E-state index in [1.807, 2.05) is 13.8 Å². The van der Waals surface area contributed by atoms with Gasteiger partial charge in [0.25, 0.3) is 11.6 Å². The summed E-state index contributed by atoms with van der Waals surface area (Å²) in [6.07, 6.45) is 0.974. The van der Waals surface area contributed by atoms with Gasteiger partial charge in [-0.25, -0.2) is 0 Å². The summed E-state index contributed by atoms with van der Waals surface area (Å²) in [6.45, 7) is 9.82. The minimum atomic E-state index is -0.423. The lowest BCUT2D eigenvalue weighted by atomic mass is 10.1. The van der Waals surface area contributed by atoms with Crippen molar-refractivity contribution in [3.05, 3.63) is 33.9 Å². The summed E-state index contributed by atoms with van der Waals surface area (Å²) in [5.74, 6) is 1.14. The molecule has 28 heavy (non-hydrogen) atoms. The standard InChI is InChI=1S/C20H29N3O4S/c1-14(2)7-12-28-18-6-5-16(13-17(18)23(26)27)20(25)22-10-8-21(9-11-22)19(24)15(3)4/h5-6,13-15H,7-12H2,1-4H3. The van der Waals surface area contributed by atoms with E-state index < -0.39 is 4.92 Å². The zero-order valence-electron chi connectivity index (χ0n) is 17.0. The maximum absolute atomic E-state index is 12.8. The molecule has 0 N–H and O–H groups in total. The normalized spacial score (nSPS) is 14.6. The van der Waals surface area contributed by atoms with Crippen LogP contribution in [-0.4, -0.2) is 58.5 Å². The van der Waals surface area contributed by atoms with Crippen LogP contribution in [0.4, 0.5) is 5.69 Å². The molecule has 1 aromatic carbocycles. The Balaban J connectivity index is 2.06. The highest BCUT2D eigenvalue weighted by atomic mass is 32.2. The molecule has 1 aliphatic rings. The first-order chi connectivity index (χ1) is 13.2. The number of amides is 2. The third-order valence-corrected chi connectivity index (χ3v) is 5.82. The fourth-order valence-corrected chi connectivity index (χ4v) is 4.25. The van der Waals surface area contributed by atoms with Crippen LogP contribution >= 0.6 is 11.8 Å². The zero-order chi connectivity index (χ0) is 20.8. The van der Waals surface area contributed by atoms with Gasteiger partial charge in [0.1, 0.15) is 0 Å². The first kappa shape index (κ1) is 22.2. The van der Waals surface area contributed by atoms with Crippen molar-refractivity contribution < 1.29 is 14.5 Å². The van der Waals surface area contributed by atoms with E-state index in [0.29, 0.717) is 42.6 Å². The predicted molar refractivity (Wildman–Crippen MR) is 111 cm³/mol. The van der Waals surface area contributed by atoms with Gasteiger partial charge in [-0.1, -0.05) is 27.7 Å². The molecule has 0 spiro atoms. The SMILES string of the molecule is CC(C)CCSc1ccc(C(=O)N2CCN(C(=O)C(C)C)CC2)cc1[N+](=O)[O-]. The largest absolute Gasteiger partial charge is 0.339 e. The molecule has 1 heterocycles. The summed E-state index contributed by atoms with van der Waals surface area (Å²) in [5.41, 5.74) is 0.303. The second-order valence-corrected chi connectivity index (χ2v) is 8.88. The van der Waals surface area contributed by atoms with Crippen LogP contribution in [0.5, 0.6) is 0 Å². The van der Waals surface area contributed by atoms with Crippen LogP contribution in [0.2, 0.25) is 0 Å². The van der Waals surface area contributed by atoms with Crippen LogP contribution in [0.25, 0.3) is 0 Å². The highest BCUT2D eigenvalue weighted by molar-refractivity contribution is 7.99. The average Bonchev–Trinajstić information content (AvgIpc) is 2.66. The van der Waals surface area contributed by atoms with Crippen molar-refractivity contribution in [2.75, 3.05) is 31.9 Å². The first-order valence-electron chi connectivity index (χ1n) is 9.70. The number of nitro groups is 1. The molecule has 0 aromatic heterocycles. The van der Waals surface area contributed by atoms with Gasteiger partial charge in [-0.05, 0) is 30.2 Å². The molecule has 7 nitrogen and oxygen atoms in total. The van der Waals surface area contributed by atoms with E-state index in [4.69, 9.17) is 0 Å². The molecule has 2 rings (SSSR count). The summed E-state index contributed by atoms with van der Waals surface area (Å²) in [5, 5.41) is 11.5. The predicted octanol–water partition coefficient (Wildman–Crippen LogP) is 3.67. The van der Waals surface area contributed by atoms with E-state index in [1.54, 1.807) is 21.9 Å². The van der Waals surface area contributed by atoms with Crippen molar-refractivity contribution in [1.29, 1.82) is 0 Å². The lowest BCUT2D eigenvalue weighted by molar-refractivity contribution is -0.387. The van der Waals surface area contributed by atoms with E-state index >= 15 is 0 Å². The molecule has 1 aliphatic heterocycles. The number of hydrogen-bond acceptors (Lipinski definition) is 5. The van der Waals surface area contributed by atoms with Crippen LogP contribution in [0.3, 0.4) is 0 Å². The van der Waals surface area contributed by atoms with E-state index in [1.165, 1.54) is 17.8 Å². The van der Waals surface area contributed by atoms with Gasteiger partial charge in [0.2, 0.25) is 5.91 Å². The molecule has 0 radical (unpaired) electrons. The summed E-state index contributed by atoms with van der Waals surface area (Å²) in [7, 11) is 0. The number of nitro benzene ring substituents is 1. The number of piperazine rings is 1. The molecule has 0 bridgehead atoms. The lowest BCUT2D eigenvalue weighted by Gasteiger charge is -2.35. The summed E-state index contributed by atoms with van der Waals surface area (Å²) in [6, 6.07) is 4.72. The maximum Gasteiger partial charge on any atom is 0.283 e. The molecule has 0 saturated carbocycles. The molecule has 0 unspecified atom stereocenters. The Kier molecular flexibility index (Phi) is 7.86. The number of rotatable bonds is 7. The third-order valence-electron chi connectivity index (χ3n) is 4.73. The maximum atomic E-state index is 12.8. The van der Waals surface area contributed by atoms with Crippen molar-refractivity contribution in [2.45, 2.75) is 39.0 Å². The fraction of sp³-hybridized carbons (Fsp3) is 0.600. The Morgan fingerprint density at radius 3 is 2.25 bits per heavy atom. The molecule has 154 valence electrons. The Morgan fingerprint density at radius 2 is 1.71 bits per heavy atom. The molecular formula is C20H29N3O4S. The molecule has 8 heteroatoms. The second kappa shape index (κ2) is 9.91. The highest BCUT2D eigenvalue weighted by Gasteiger charge is 2.27. The monoisotopic (exact) mass is 407 g/mol. The molecule has 1 aromatic rings. The lowest BCUT2D eigenvalue weighted by Crippen LogP contribution is -2.51. The number of carbonyl (C=O) groups excluding carboxylic acids is 2. The average molecular weight is 408 g/mol. The number of carbonyl (C=O) groups is 2. The van der Waals surface area contributed by atoms with Gasteiger partial charge in [0.15, 0.2) is 0 Å². The zero-order valence-corrected chi connectivity index (χ0v) is 17.8. The minimum absolute atomic E-state index is 0.0202. The number of thioether (sulfide) groups is 1. The smallest absolute Gasteiger partial charge is 0.283 e. The molecule has 0 aliphatic carbocycles. The first-order valence-corrected chi connectivity index (χ1v) is 10.7. The second-order valence-electron chi connectivity index (χ2n) is 7.74. The Bertz CT molecular complexity index is 728. The highest BCUT2D eigenvalue weighted by Crippen LogP contribution is 2.31. The molecule has 0 atom stereocenters. The number of hydrogen-bond donors (Lipinski definition) is 0. The molecule has 2 amide bonds. The molecule has 1 saturated heterocycles. The topological polar surface area (TPSA) is 83.8 Å². The van der Waals surface area contributed by atoms with Crippen molar-refractivity contribution in [3.63, 3.8) is 0 Å². The third kappa shape index (κ3) is 5.70. The van der Waals surface area contributed by atoms with Crippen LogP contribution in [0.1, 0.15) is 44.5 Å². The van der Waals surface area contributed by atoms with Gasteiger partial charge >= 0.3 is 0 Å². The Hall–Kier alpha value is -2.09. The fourth-order valence-electron chi connectivity index (χ4n) is 3.00. The van der Waals surface area contributed by atoms with Crippen molar-refractivity contribution in [2.24, 2.45) is 11.8 Å². The van der Waals surface area contributed by atoms with Gasteiger partial charge in [-0.2, -0.15) is 0 Å². The van der Waals surface area contributed by atoms with Crippen molar-refractivity contribution in [3.8, 4) is 0 Å². The van der Waals surface area contributed by atoms with Crippen LogP contribution in [-0.2, 0) is 4.79 Å². The summed E-state index contributed by atoms with van der Waals surface area (Å²) >= 11 is 1.46. The summed E-state index contributed by atoms with van der Waals surface area (Å²) in [4.78, 5) is 39.9. The molecule has 1 fully saturated rings. The van der Waals surface area contributed by atoms with Crippen LogP contribution in [0, 0.1) is 22.0 Å². The Labute approximate surface area is 170 Å². The van der Waals surface area contributed by atoms with Crippen LogP contribution in [0.15, 0.2) is 23.1 Å². The minimum Gasteiger partial charge on any atom is -0.339 e. The van der Waals surface area contributed by atoms with Gasteiger partial charge in [0.05, 0.1) is 9.82 Å². The van der Waals surface area contributed by atoms with Gasteiger partial charge in [-0.15, -0.1) is 11.8 Å². The summed E-state index contributed by atoms with van der Waals surface area (Å²) < 4.78 is 0. The van der Waals surface area contributed by atoms with E-state index in [-0.39, 0.29) is 23.4 Å². The molecular weight excluding hydrogens is 378 g/mol. The van der Waals surface area contributed by atoms with Gasteiger partial charge in [-0.3, -0.25) is 19.7 Å². The van der Waals surface area contributed by atoms with E-state index in [0.717, 1.165) is 12.2 Å². The van der Waals surface area contributed by atoms with Gasteiger partial charge < -0.3 is 9.80 Å². The number of benzene rings is 1. The number of nitrogens with zero attached hydrogens (tertiary/aromatic N) is 3. The van der Waals surface area contributed by atoms with Crippen molar-refractivity contribution in [1.82, 2.24) is 9.80 Å². The van der Waals surface area contributed by atoms with Crippen LogP contribution < -0.4 is 0 Å². The van der Waals surface area contributed by atoms with E-state index in [9.17, 15) is 19.7 Å². The van der Waals surface area contributed by atoms with Crippen molar-refractivity contribution >= 4 is 29.3 Å². The quantitative estimate of drug-likeness (QED) is 0.391. The van der Waals surface area contributed by atoms with Gasteiger partial charge in [0, 0.05) is 43.7 Å².